The Morgan fingerprint density at radius 2 is 2.16 bits per heavy atom. The first kappa shape index (κ1) is 13.9. The van der Waals surface area contributed by atoms with Crippen LogP contribution in [0.25, 0.3) is 0 Å². The van der Waals surface area contributed by atoms with Gasteiger partial charge < -0.3 is 10.3 Å². The van der Waals surface area contributed by atoms with Gasteiger partial charge in [-0.3, -0.25) is 0 Å². The van der Waals surface area contributed by atoms with Crippen LogP contribution in [0.15, 0.2) is 27.6 Å². The molecular weight excluding hydrogens is 258 g/mol. The Kier molecular flexibility index (Phi) is 4.47. The van der Waals surface area contributed by atoms with Gasteiger partial charge in [-0.1, -0.05) is 25.1 Å². The van der Waals surface area contributed by atoms with E-state index < -0.39 is 0 Å². The molecule has 0 saturated carbocycles. The molecule has 0 fully saturated rings. The Morgan fingerprint density at radius 1 is 1.37 bits per heavy atom. The average molecular weight is 277 g/mol. The highest BCUT2D eigenvalue weighted by atomic mass is 32.2. The lowest BCUT2D eigenvalue weighted by Gasteiger charge is -2.05. The summed E-state index contributed by atoms with van der Waals surface area (Å²) >= 11 is 1.67. The van der Waals surface area contributed by atoms with Gasteiger partial charge in [0.15, 0.2) is 5.82 Å². The van der Waals surface area contributed by atoms with Gasteiger partial charge in [-0.25, -0.2) is 0 Å². The van der Waals surface area contributed by atoms with Gasteiger partial charge in [0.1, 0.15) is 0 Å². The van der Waals surface area contributed by atoms with Gasteiger partial charge in [0, 0.05) is 17.0 Å². The van der Waals surface area contributed by atoms with Crippen molar-refractivity contribution in [3.8, 4) is 0 Å². The second-order valence-corrected chi connectivity index (χ2v) is 5.98. The first-order valence-electron chi connectivity index (χ1n) is 6.35. The van der Waals surface area contributed by atoms with Gasteiger partial charge >= 0.3 is 0 Å². The topological polar surface area (TPSA) is 64.9 Å². The van der Waals surface area contributed by atoms with Gasteiger partial charge in [-0.2, -0.15) is 4.98 Å². The second kappa shape index (κ2) is 6.10. The van der Waals surface area contributed by atoms with Crippen LogP contribution in [0.4, 0.5) is 5.69 Å². The third-order valence-corrected chi connectivity index (χ3v) is 3.92. The maximum atomic E-state index is 5.88. The first-order chi connectivity index (χ1) is 9.06. The summed E-state index contributed by atoms with van der Waals surface area (Å²) in [6.45, 7) is 6.30. The van der Waals surface area contributed by atoms with E-state index in [1.54, 1.807) is 11.8 Å². The minimum Gasteiger partial charge on any atom is -0.398 e. The van der Waals surface area contributed by atoms with Crippen molar-refractivity contribution in [2.75, 3.05) is 5.73 Å². The summed E-state index contributed by atoms with van der Waals surface area (Å²) in [6, 6.07) is 5.93. The summed E-state index contributed by atoms with van der Waals surface area (Å²) in [5, 5.41) is 3.98. The molecule has 0 atom stereocenters. The van der Waals surface area contributed by atoms with E-state index in [9.17, 15) is 0 Å². The van der Waals surface area contributed by atoms with E-state index in [0.29, 0.717) is 17.6 Å². The van der Waals surface area contributed by atoms with Crippen molar-refractivity contribution in [2.45, 2.75) is 37.8 Å². The van der Waals surface area contributed by atoms with E-state index in [1.165, 1.54) is 0 Å². The van der Waals surface area contributed by atoms with Crippen LogP contribution in [-0.2, 0) is 12.2 Å². The molecule has 1 aromatic carbocycles. The lowest BCUT2D eigenvalue weighted by Crippen LogP contribution is -1.96. The van der Waals surface area contributed by atoms with E-state index in [1.807, 2.05) is 19.1 Å². The molecule has 4 nitrogen and oxygen atoms in total. The molecule has 0 aliphatic heterocycles. The van der Waals surface area contributed by atoms with Crippen molar-refractivity contribution in [1.82, 2.24) is 10.1 Å². The van der Waals surface area contributed by atoms with Crippen molar-refractivity contribution in [1.29, 1.82) is 0 Å². The number of anilines is 1. The van der Waals surface area contributed by atoms with E-state index in [-0.39, 0.29) is 0 Å². The van der Waals surface area contributed by atoms with Crippen molar-refractivity contribution in [2.24, 2.45) is 5.92 Å². The molecule has 5 heteroatoms. The Morgan fingerprint density at radius 3 is 2.89 bits per heavy atom. The molecule has 0 aliphatic rings. The standard InChI is InChI=1S/C14H19N3OS/c1-9(2)7-13-16-14(18-17-13)8-19-12-6-4-5-11(15)10(12)3/h4-6,9H,7-8,15H2,1-3H3. The molecule has 102 valence electrons. The molecular formula is C14H19N3OS. The van der Waals surface area contributed by atoms with Crippen LogP contribution in [0.2, 0.25) is 0 Å². The zero-order valence-electron chi connectivity index (χ0n) is 11.5. The lowest BCUT2D eigenvalue weighted by molar-refractivity contribution is 0.382. The minimum absolute atomic E-state index is 0.536. The van der Waals surface area contributed by atoms with Crippen molar-refractivity contribution < 1.29 is 4.52 Å². The number of hydrogen-bond acceptors (Lipinski definition) is 5. The largest absolute Gasteiger partial charge is 0.398 e. The molecule has 0 radical (unpaired) electrons. The Hall–Kier alpha value is -1.49. The molecule has 0 spiro atoms. The zero-order chi connectivity index (χ0) is 13.8. The molecule has 1 aromatic heterocycles. The smallest absolute Gasteiger partial charge is 0.237 e. The number of rotatable bonds is 5. The molecule has 19 heavy (non-hydrogen) atoms. The Labute approximate surface area is 117 Å². The van der Waals surface area contributed by atoms with E-state index in [4.69, 9.17) is 10.3 Å². The first-order valence-corrected chi connectivity index (χ1v) is 7.34. The van der Waals surface area contributed by atoms with Crippen LogP contribution in [0, 0.1) is 12.8 Å². The van der Waals surface area contributed by atoms with Crippen LogP contribution in [0.3, 0.4) is 0 Å². The van der Waals surface area contributed by atoms with Crippen LogP contribution in [0.5, 0.6) is 0 Å². The molecule has 0 saturated heterocycles. The number of hydrogen-bond donors (Lipinski definition) is 1. The van der Waals surface area contributed by atoms with Gasteiger partial charge in [-0.15, -0.1) is 11.8 Å². The fourth-order valence-electron chi connectivity index (χ4n) is 1.72. The van der Waals surface area contributed by atoms with Crippen molar-refractivity contribution in [3.05, 3.63) is 35.5 Å². The predicted octanol–water partition coefficient (Wildman–Crippen LogP) is 3.45. The summed E-state index contributed by atoms with van der Waals surface area (Å²) in [5.74, 6) is 2.67. The molecule has 1 heterocycles. The Balaban J connectivity index is 1.98. The number of nitrogens with two attached hydrogens (primary N) is 1. The maximum absolute atomic E-state index is 5.88. The maximum Gasteiger partial charge on any atom is 0.237 e. The highest BCUT2D eigenvalue weighted by Gasteiger charge is 2.09. The molecule has 0 bridgehead atoms. The number of thioether (sulfide) groups is 1. The van der Waals surface area contributed by atoms with Crippen LogP contribution >= 0.6 is 11.8 Å². The van der Waals surface area contributed by atoms with E-state index >= 15 is 0 Å². The molecule has 0 amide bonds. The van der Waals surface area contributed by atoms with Gasteiger partial charge in [0.25, 0.3) is 0 Å². The highest BCUT2D eigenvalue weighted by molar-refractivity contribution is 7.98. The summed E-state index contributed by atoms with van der Waals surface area (Å²) in [4.78, 5) is 5.54. The van der Waals surface area contributed by atoms with Crippen molar-refractivity contribution in [3.63, 3.8) is 0 Å². The third-order valence-electron chi connectivity index (χ3n) is 2.78. The highest BCUT2D eigenvalue weighted by Crippen LogP contribution is 2.28. The van der Waals surface area contributed by atoms with Gasteiger partial charge in [0.05, 0.1) is 5.75 Å². The number of benzene rings is 1. The van der Waals surface area contributed by atoms with Crippen LogP contribution in [0.1, 0.15) is 31.1 Å². The van der Waals surface area contributed by atoms with Gasteiger partial charge in [0.2, 0.25) is 5.89 Å². The normalized spacial score (nSPS) is 11.2. The fourth-order valence-corrected chi connectivity index (χ4v) is 2.63. The quantitative estimate of drug-likeness (QED) is 0.670. The van der Waals surface area contributed by atoms with Gasteiger partial charge in [-0.05, 0) is 30.5 Å². The lowest BCUT2D eigenvalue weighted by atomic mass is 10.1. The van der Waals surface area contributed by atoms with E-state index in [0.717, 1.165) is 28.4 Å². The summed E-state index contributed by atoms with van der Waals surface area (Å²) in [5.41, 5.74) is 7.81. The number of aromatic nitrogens is 2. The van der Waals surface area contributed by atoms with Crippen LogP contribution in [-0.4, -0.2) is 10.1 Å². The molecule has 2 rings (SSSR count). The number of nitrogen functional groups attached to an aromatic ring is 1. The van der Waals surface area contributed by atoms with Crippen molar-refractivity contribution >= 4 is 17.4 Å². The fraction of sp³-hybridized carbons (Fsp3) is 0.429. The zero-order valence-corrected chi connectivity index (χ0v) is 12.3. The average Bonchev–Trinajstić information content (AvgIpc) is 2.78. The summed E-state index contributed by atoms with van der Waals surface area (Å²) in [6.07, 6.45) is 0.853. The molecule has 2 N–H and O–H groups in total. The van der Waals surface area contributed by atoms with E-state index in [2.05, 4.69) is 30.1 Å². The third kappa shape index (κ3) is 3.73. The van der Waals surface area contributed by atoms with Crippen LogP contribution < -0.4 is 5.73 Å². The Bertz CT molecular complexity index is 551. The summed E-state index contributed by atoms with van der Waals surface area (Å²) in [7, 11) is 0. The number of nitrogens with zero attached hydrogens (tertiary/aromatic N) is 2. The molecule has 0 unspecified atom stereocenters. The molecule has 2 aromatic rings. The summed E-state index contributed by atoms with van der Waals surface area (Å²) < 4.78 is 5.24. The second-order valence-electron chi connectivity index (χ2n) is 4.96. The monoisotopic (exact) mass is 277 g/mol. The minimum atomic E-state index is 0.536. The predicted molar refractivity (Wildman–Crippen MR) is 78.0 cm³/mol. The molecule has 0 aliphatic carbocycles. The SMILES string of the molecule is Cc1c(N)cccc1SCc1nc(CC(C)C)no1.